The van der Waals surface area contributed by atoms with Gasteiger partial charge < -0.3 is 24.5 Å². The van der Waals surface area contributed by atoms with Crippen molar-refractivity contribution in [3.8, 4) is 0 Å². The molecule has 28 heavy (non-hydrogen) atoms. The second kappa shape index (κ2) is 8.01. The zero-order valence-corrected chi connectivity index (χ0v) is 16.1. The smallest absolute Gasteiger partial charge is 0.408 e. The molecule has 2 atom stereocenters. The highest BCUT2D eigenvalue weighted by Crippen LogP contribution is 2.33. The van der Waals surface area contributed by atoms with Crippen LogP contribution in [0.3, 0.4) is 0 Å². The standard InChI is InChI=1S/C18H24N4O6/c1-18(2,3)28-17(25)19-8-15(23)26-9-11-4-7-14(27-11)12-5-6-13-16(24)20-10-21-22(12)13/h5-6,10-11,14H,4,7-9H2,1-3H3,(H,19,25)(H,20,21,24). The van der Waals surface area contributed by atoms with E-state index in [4.69, 9.17) is 14.2 Å². The lowest BCUT2D eigenvalue weighted by atomic mass is 10.1. The molecule has 1 fully saturated rings. The highest BCUT2D eigenvalue weighted by Gasteiger charge is 2.30. The predicted octanol–water partition coefficient (Wildman–Crippen LogP) is 1.31. The number of amides is 1. The first-order valence-electron chi connectivity index (χ1n) is 9.06. The molecule has 0 radical (unpaired) electrons. The van der Waals surface area contributed by atoms with Gasteiger partial charge in [-0.15, -0.1) is 0 Å². The molecular weight excluding hydrogens is 368 g/mol. The van der Waals surface area contributed by atoms with Gasteiger partial charge in [-0.2, -0.15) is 5.10 Å². The van der Waals surface area contributed by atoms with E-state index in [0.717, 1.165) is 12.1 Å². The Morgan fingerprint density at radius 2 is 2.14 bits per heavy atom. The minimum atomic E-state index is -0.677. The molecule has 1 aliphatic rings. The van der Waals surface area contributed by atoms with Crippen molar-refractivity contribution >= 4 is 17.6 Å². The van der Waals surface area contributed by atoms with Gasteiger partial charge in [-0.1, -0.05) is 0 Å². The van der Waals surface area contributed by atoms with Gasteiger partial charge in [0.25, 0.3) is 5.56 Å². The Labute approximate surface area is 161 Å². The first-order chi connectivity index (χ1) is 13.2. The summed E-state index contributed by atoms with van der Waals surface area (Å²) in [6, 6.07) is 3.50. The summed E-state index contributed by atoms with van der Waals surface area (Å²) in [7, 11) is 0. The van der Waals surface area contributed by atoms with E-state index in [1.807, 2.05) is 0 Å². The number of alkyl carbamates (subject to hydrolysis) is 1. The number of carbonyl (C=O) groups is 2. The van der Waals surface area contributed by atoms with Crippen molar-refractivity contribution in [2.45, 2.75) is 51.4 Å². The minimum Gasteiger partial charge on any atom is -0.462 e. The van der Waals surface area contributed by atoms with Gasteiger partial charge in [-0.25, -0.2) is 9.31 Å². The van der Waals surface area contributed by atoms with Crippen LogP contribution >= 0.6 is 0 Å². The number of H-pyrrole nitrogens is 1. The predicted molar refractivity (Wildman–Crippen MR) is 97.9 cm³/mol. The number of nitrogens with one attached hydrogen (secondary N) is 2. The van der Waals surface area contributed by atoms with E-state index in [1.54, 1.807) is 37.4 Å². The number of aromatic amines is 1. The van der Waals surface area contributed by atoms with E-state index in [-0.39, 0.29) is 30.9 Å². The molecule has 0 aliphatic carbocycles. The van der Waals surface area contributed by atoms with Gasteiger partial charge in [0.1, 0.15) is 36.7 Å². The van der Waals surface area contributed by atoms with Crippen molar-refractivity contribution in [1.82, 2.24) is 19.9 Å². The van der Waals surface area contributed by atoms with Crippen LogP contribution < -0.4 is 10.9 Å². The van der Waals surface area contributed by atoms with Crippen molar-refractivity contribution < 1.29 is 23.8 Å². The van der Waals surface area contributed by atoms with E-state index < -0.39 is 17.7 Å². The lowest BCUT2D eigenvalue weighted by Crippen LogP contribution is -2.36. The Bertz CT molecular complexity index is 913. The molecule has 10 nitrogen and oxygen atoms in total. The van der Waals surface area contributed by atoms with Crippen LogP contribution in [0, 0.1) is 0 Å². The zero-order valence-electron chi connectivity index (χ0n) is 16.1. The van der Waals surface area contributed by atoms with E-state index in [9.17, 15) is 14.4 Å². The number of rotatable bonds is 5. The summed E-state index contributed by atoms with van der Waals surface area (Å²) < 4.78 is 17.7. The Morgan fingerprint density at radius 1 is 1.36 bits per heavy atom. The quantitative estimate of drug-likeness (QED) is 0.735. The lowest BCUT2D eigenvalue weighted by molar-refractivity contribution is -0.146. The maximum atomic E-state index is 11.8. The summed E-state index contributed by atoms with van der Waals surface area (Å²) in [5, 5.41) is 6.51. The monoisotopic (exact) mass is 392 g/mol. The third-order valence-corrected chi connectivity index (χ3v) is 4.13. The van der Waals surface area contributed by atoms with Crippen molar-refractivity contribution in [3.05, 3.63) is 34.5 Å². The SMILES string of the molecule is CC(C)(C)OC(=O)NCC(=O)OCC1CCC(c2ccc3c(=O)[nH]cnn23)O1. The first-order valence-corrected chi connectivity index (χ1v) is 9.06. The molecule has 10 heteroatoms. The van der Waals surface area contributed by atoms with Crippen LogP contribution in [0.15, 0.2) is 23.3 Å². The number of fused-ring (bicyclic) bond motifs is 1. The van der Waals surface area contributed by atoms with Gasteiger partial charge in [0.15, 0.2) is 0 Å². The van der Waals surface area contributed by atoms with Crippen LogP contribution in [0.4, 0.5) is 4.79 Å². The fraction of sp³-hybridized carbons (Fsp3) is 0.556. The van der Waals surface area contributed by atoms with E-state index in [2.05, 4.69) is 15.4 Å². The third-order valence-electron chi connectivity index (χ3n) is 4.13. The number of nitrogens with zero attached hydrogens (tertiary/aromatic N) is 2. The second-order valence-corrected chi connectivity index (χ2v) is 7.54. The zero-order chi connectivity index (χ0) is 20.3. The minimum absolute atomic E-state index is 0.0860. The van der Waals surface area contributed by atoms with Gasteiger partial charge in [-0.3, -0.25) is 9.59 Å². The summed E-state index contributed by atoms with van der Waals surface area (Å²) in [6.45, 7) is 5.01. The fourth-order valence-electron chi connectivity index (χ4n) is 2.95. The normalized spacial score (nSPS) is 19.5. The van der Waals surface area contributed by atoms with Crippen LogP contribution in [-0.4, -0.2) is 51.5 Å². The summed E-state index contributed by atoms with van der Waals surface area (Å²) in [5.41, 5.74) is 0.372. The average Bonchev–Trinajstić information content (AvgIpc) is 3.24. The molecule has 1 saturated heterocycles. The average molecular weight is 392 g/mol. The van der Waals surface area contributed by atoms with Gasteiger partial charge >= 0.3 is 12.1 Å². The molecule has 2 N–H and O–H groups in total. The van der Waals surface area contributed by atoms with Crippen LogP contribution in [0.2, 0.25) is 0 Å². The topological polar surface area (TPSA) is 124 Å². The van der Waals surface area contributed by atoms with Gasteiger partial charge in [-0.05, 0) is 45.7 Å². The largest absolute Gasteiger partial charge is 0.462 e. The Kier molecular flexibility index (Phi) is 5.68. The van der Waals surface area contributed by atoms with Crippen molar-refractivity contribution in [1.29, 1.82) is 0 Å². The maximum absolute atomic E-state index is 11.8. The van der Waals surface area contributed by atoms with Crippen molar-refractivity contribution in [2.24, 2.45) is 0 Å². The molecule has 3 heterocycles. The fourth-order valence-corrected chi connectivity index (χ4v) is 2.95. The molecule has 2 unspecified atom stereocenters. The first kappa shape index (κ1) is 19.9. The molecule has 152 valence electrons. The second-order valence-electron chi connectivity index (χ2n) is 7.54. The van der Waals surface area contributed by atoms with E-state index in [1.165, 1.54) is 6.33 Å². The summed E-state index contributed by atoms with van der Waals surface area (Å²) >= 11 is 0. The number of carbonyl (C=O) groups excluding carboxylic acids is 2. The van der Waals surface area contributed by atoms with Gasteiger partial charge in [0, 0.05) is 0 Å². The molecule has 2 aromatic heterocycles. The third kappa shape index (κ3) is 4.89. The lowest BCUT2D eigenvalue weighted by Gasteiger charge is -2.19. The van der Waals surface area contributed by atoms with Gasteiger partial charge in [0.2, 0.25) is 0 Å². The summed E-state index contributed by atoms with van der Waals surface area (Å²) in [5.74, 6) is -0.570. The molecule has 1 aliphatic heterocycles. The molecule has 0 aromatic carbocycles. The molecular formula is C18H24N4O6. The number of aromatic nitrogens is 3. The molecule has 3 rings (SSSR count). The van der Waals surface area contributed by atoms with E-state index in [0.29, 0.717) is 11.9 Å². The maximum Gasteiger partial charge on any atom is 0.408 e. The number of esters is 1. The Balaban J connectivity index is 1.46. The Hall–Kier alpha value is -2.88. The van der Waals surface area contributed by atoms with E-state index >= 15 is 0 Å². The molecule has 0 spiro atoms. The number of hydrogen-bond donors (Lipinski definition) is 2. The number of ether oxygens (including phenoxy) is 3. The highest BCUT2D eigenvalue weighted by molar-refractivity contribution is 5.78. The highest BCUT2D eigenvalue weighted by atomic mass is 16.6. The van der Waals surface area contributed by atoms with Crippen LogP contribution in [0.25, 0.3) is 5.52 Å². The number of hydrogen-bond acceptors (Lipinski definition) is 7. The van der Waals surface area contributed by atoms with Gasteiger partial charge in [0.05, 0.1) is 11.8 Å². The summed E-state index contributed by atoms with van der Waals surface area (Å²) in [6.07, 6.45) is 1.59. The molecule has 0 saturated carbocycles. The Morgan fingerprint density at radius 3 is 2.89 bits per heavy atom. The van der Waals surface area contributed by atoms with Crippen LogP contribution in [0.5, 0.6) is 0 Å². The van der Waals surface area contributed by atoms with Crippen LogP contribution in [0.1, 0.15) is 45.4 Å². The van der Waals surface area contributed by atoms with Crippen molar-refractivity contribution in [2.75, 3.05) is 13.2 Å². The molecule has 1 amide bonds. The molecule has 0 bridgehead atoms. The molecule has 2 aromatic rings. The van der Waals surface area contributed by atoms with Crippen molar-refractivity contribution in [3.63, 3.8) is 0 Å². The summed E-state index contributed by atoms with van der Waals surface area (Å²) in [4.78, 5) is 37.6. The van der Waals surface area contributed by atoms with Crippen LogP contribution in [-0.2, 0) is 19.0 Å².